The molecular formula is C13H19BrN2O3S. The number of fused-ring (bicyclic) bond motifs is 1. The van der Waals surface area contributed by atoms with Gasteiger partial charge in [-0.1, -0.05) is 13.8 Å². The molecular weight excluding hydrogens is 344 g/mol. The van der Waals surface area contributed by atoms with Gasteiger partial charge in [0.2, 0.25) is 0 Å². The van der Waals surface area contributed by atoms with Gasteiger partial charge in [-0.15, -0.1) is 0 Å². The molecule has 2 heterocycles. The molecule has 0 saturated carbocycles. The van der Waals surface area contributed by atoms with Gasteiger partial charge >= 0.3 is 0 Å². The van der Waals surface area contributed by atoms with Crippen LogP contribution in [0.4, 0.5) is 0 Å². The lowest BCUT2D eigenvalue weighted by molar-refractivity contribution is 0.302. The molecule has 1 unspecified atom stereocenters. The van der Waals surface area contributed by atoms with Gasteiger partial charge in [0.1, 0.15) is 6.17 Å². The molecule has 0 aromatic rings. The topological polar surface area (TPSA) is 70.0 Å². The van der Waals surface area contributed by atoms with Gasteiger partial charge in [-0.25, -0.2) is 0 Å². The van der Waals surface area contributed by atoms with Gasteiger partial charge in [0.05, 0.1) is 5.75 Å². The summed E-state index contributed by atoms with van der Waals surface area (Å²) in [6.07, 6.45) is 4.32. The van der Waals surface area contributed by atoms with Gasteiger partial charge < -0.3 is 4.90 Å². The lowest BCUT2D eigenvalue weighted by Gasteiger charge is -2.33. The number of rotatable bonds is 4. The van der Waals surface area contributed by atoms with Gasteiger partial charge in [-0.3, -0.25) is 9.55 Å². The molecule has 1 N–H and O–H groups in total. The third kappa shape index (κ3) is 3.15. The summed E-state index contributed by atoms with van der Waals surface area (Å²) in [5.74, 6) is -0.229. The summed E-state index contributed by atoms with van der Waals surface area (Å²) >= 11 is 3.49. The van der Waals surface area contributed by atoms with Crippen LogP contribution in [0.1, 0.15) is 27.2 Å². The summed E-state index contributed by atoms with van der Waals surface area (Å²) in [5, 5.41) is 0. The van der Waals surface area contributed by atoms with Crippen LogP contribution in [0.25, 0.3) is 0 Å². The van der Waals surface area contributed by atoms with Crippen molar-refractivity contribution < 1.29 is 13.0 Å². The van der Waals surface area contributed by atoms with Crippen molar-refractivity contribution in [1.82, 2.24) is 4.90 Å². The first kappa shape index (κ1) is 15.7. The van der Waals surface area contributed by atoms with E-state index in [0.29, 0.717) is 13.0 Å². The first-order valence-corrected chi connectivity index (χ1v) is 8.86. The van der Waals surface area contributed by atoms with Crippen molar-refractivity contribution >= 4 is 31.8 Å². The van der Waals surface area contributed by atoms with Crippen molar-refractivity contribution in [2.45, 2.75) is 33.4 Å². The van der Waals surface area contributed by atoms with E-state index < -0.39 is 10.1 Å². The predicted octanol–water partition coefficient (Wildman–Crippen LogP) is 2.57. The number of hydrogen-bond donors (Lipinski definition) is 1. The number of allylic oxidation sites excluding steroid dienone is 2. The summed E-state index contributed by atoms with van der Waals surface area (Å²) in [5.41, 5.74) is 2.19. The lowest BCUT2D eigenvalue weighted by atomic mass is 9.80. The highest BCUT2D eigenvalue weighted by Gasteiger charge is 2.41. The summed E-state index contributed by atoms with van der Waals surface area (Å²) in [6, 6.07) is 0. The van der Waals surface area contributed by atoms with E-state index in [4.69, 9.17) is 9.55 Å². The molecule has 0 radical (unpaired) electrons. The van der Waals surface area contributed by atoms with Crippen molar-refractivity contribution in [1.29, 1.82) is 0 Å². The smallest absolute Gasteiger partial charge is 0.264 e. The molecule has 0 bridgehead atoms. The number of nitrogens with zero attached hydrogens (tertiary/aromatic N) is 2. The Morgan fingerprint density at radius 3 is 2.75 bits per heavy atom. The Balaban J connectivity index is 2.15. The monoisotopic (exact) mass is 362 g/mol. The maximum Gasteiger partial charge on any atom is 0.264 e. The molecule has 2 rings (SSSR count). The van der Waals surface area contributed by atoms with Crippen molar-refractivity contribution in [2.75, 3.05) is 12.3 Å². The fourth-order valence-corrected chi connectivity index (χ4v) is 3.49. The van der Waals surface area contributed by atoms with Crippen LogP contribution in [0.15, 0.2) is 27.3 Å². The molecule has 1 atom stereocenters. The molecule has 0 fully saturated rings. The molecule has 5 nitrogen and oxygen atoms in total. The largest absolute Gasteiger partial charge is 0.351 e. The molecule has 112 valence electrons. The predicted molar refractivity (Wildman–Crippen MR) is 83.5 cm³/mol. The Morgan fingerprint density at radius 1 is 1.50 bits per heavy atom. The molecule has 0 aromatic carbocycles. The molecule has 0 saturated heterocycles. The minimum atomic E-state index is -3.90. The van der Waals surface area contributed by atoms with Crippen molar-refractivity contribution in [3.63, 3.8) is 0 Å². The second-order valence-electron chi connectivity index (χ2n) is 5.70. The molecule has 0 amide bonds. The average molecular weight is 363 g/mol. The van der Waals surface area contributed by atoms with Crippen LogP contribution in [-0.4, -0.2) is 42.0 Å². The summed E-state index contributed by atoms with van der Waals surface area (Å²) in [6.45, 7) is 6.83. The number of hydrogen-bond acceptors (Lipinski definition) is 4. The van der Waals surface area contributed by atoms with Gasteiger partial charge in [0, 0.05) is 28.4 Å². The van der Waals surface area contributed by atoms with Crippen LogP contribution < -0.4 is 0 Å². The normalized spacial score (nSPS) is 24.9. The minimum absolute atomic E-state index is 0.0623. The summed E-state index contributed by atoms with van der Waals surface area (Å²) < 4.78 is 31.3. The van der Waals surface area contributed by atoms with Crippen molar-refractivity contribution in [3.05, 3.63) is 22.3 Å². The standard InChI is InChI=1S/C13H19BrN2O3S/c1-9-13(2,3)11-7-10(14)8-16(12(11)15-9)5-4-6-20(17,18)19/h7-8,12H,4-6H2,1-3H3,(H,17,18,19). The van der Waals surface area contributed by atoms with E-state index in [1.54, 1.807) is 0 Å². The van der Waals surface area contributed by atoms with Gasteiger partial charge in [0.15, 0.2) is 0 Å². The van der Waals surface area contributed by atoms with Crippen molar-refractivity contribution in [3.8, 4) is 0 Å². The molecule has 2 aliphatic heterocycles. The molecule has 0 aromatic heterocycles. The Morgan fingerprint density at radius 2 is 2.15 bits per heavy atom. The van der Waals surface area contributed by atoms with E-state index in [1.165, 1.54) is 5.57 Å². The Kier molecular flexibility index (Phi) is 4.15. The third-order valence-corrected chi connectivity index (χ3v) is 5.17. The molecule has 2 aliphatic rings. The van der Waals surface area contributed by atoms with Gasteiger partial charge in [-0.05, 0) is 40.9 Å². The third-order valence-electron chi connectivity index (χ3n) is 3.94. The van der Waals surface area contributed by atoms with Gasteiger partial charge in [0.25, 0.3) is 10.1 Å². The van der Waals surface area contributed by atoms with E-state index >= 15 is 0 Å². The fraction of sp³-hybridized carbons (Fsp3) is 0.615. The maximum atomic E-state index is 10.8. The van der Waals surface area contributed by atoms with Crippen LogP contribution in [0.5, 0.6) is 0 Å². The second kappa shape index (κ2) is 5.27. The highest BCUT2D eigenvalue weighted by Crippen LogP contribution is 2.42. The second-order valence-corrected chi connectivity index (χ2v) is 8.19. The van der Waals surface area contributed by atoms with Crippen LogP contribution in [0.2, 0.25) is 0 Å². The highest BCUT2D eigenvalue weighted by atomic mass is 79.9. The SMILES string of the molecule is CC1=NC2C(=CC(Br)=CN2CCCS(=O)(=O)O)C1(C)C. The minimum Gasteiger partial charge on any atom is -0.351 e. The quantitative estimate of drug-likeness (QED) is 0.780. The number of aliphatic imine (C=N–C) groups is 1. The Bertz CT molecular complexity index is 605. The van der Waals surface area contributed by atoms with Crippen molar-refractivity contribution in [2.24, 2.45) is 10.4 Å². The first-order chi connectivity index (χ1) is 9.11. The molecule has 0 spiro atoms. The first-order valence-electron chi connectivity index (χ1n) is 6.46. The van der Waals surface area contributed by atoms with Crippen LogP contribution in [0.3, 0.4) is 0 Å². The van der Waals surface area contributed by atoms with Crippen LogP contribution in [-0.2, 0) is 10.1 Å². The summed E-state index contributed by atoms with van der Waals surface area (Å²) in [7, 11) is -3.90. The van der Waals surface area contributed by atoms with E-state index in [-0.39, 0.29) is 17.3 Å². The maximum absolute atomic E-state index is 10.8. The molecule has 20 heavy (non-hydrogen) atoms. The highest BCUT2D eigenvalue weighted by molar-refractivity contribution is 9.11. The lowest BCUT2D eigenvalue weighted by Crippen LogP contribution is -2.35. The Labute approximate surface area is 128 Å². The van der Waals surface area contributed by atoms with Gasteiger partial charge in [-0.2, -0.15) is 8.42 Å². The van der Waals surface area contributed by atoms with E-state index in [9.17, 15) is 8.42 Å². The van der Waals surface area contributed by atoms with E-state index in [0.717, 1.165) is 10.2 Å². The fourth-order valence-electron chi connectivity index (χ4n) is 2.48. The van der Waals surface area contributed by atoms with E-state index in [1.807, 2.05) is 18.0 Å². The zero-order chi connectivity index (χ0) is 15.1. The van der Waals surface area contributed by atoms with E-state index in [2.05, 4.69) is 35.9 Å². The molecule has 7 heteroatoms. The average Bonchev–Trinajstić information content (AvgIpc) is 2.50. The zero-order valence-electron chi connectivity index (χ0n) is 11.8. The number of halogens is 1. The van der Waals surface area contributed by atoms with Crippen LogP contribution >= 0.6 is 15.9 Å². The molecule has 0 aliphatic carbocycles. The zero-order valence-corrected chi connectivity index (χ0v) is 14.2. The Hall–Kier alpha value is -0.660. The summed E-state index contributed by atoms with van der Waals surface area (Å²) in [4.78, 5) is 6.71. The van der Waals surface area contributed by atoms with Crippen LogP contribution in [0, 0.1) is 5.41 Å².